The fourth-order valence-corrected chi connectivity index (χ4v) is 2.69. The van der Waals surface area contributed by atoms with E-state index in [-0.39, 0.29) is 6.04 Å². The summed E-state index contributed by atoms with van der Waals surface area (Å²) in [6, 6.07) is 14.7. The molecular weight excluding hydrogens is 258 g/mol. The van der Waals surface area contributed by atoms with Crippen LogP contribution in [-0.4, -0.2) is 17.0 Å². The van der Waals surface area contributed by atoms with Crippen LogP contribution >= 0.6 is 0 Å². The average Bonchev–Trinajstić information content (AvgIpc) is 2.50. The van der Waals surface area contributed by atoms with Crippen molar-refractivity contribution in [1.29, 1.82) is 0 Å². The zero-order chi connectivity index (χ0) is 14.8. The molecule has 1 atom stereocenters. The van der Waals surface area contributed by atoms with Crippen LogP contribution in [-0.2, 0) is 0 Å². The first-order chi connectivity index (χ1) is 10.2. The minimum Gasteiger partial charge on any atom is -0.308 e. The monoisotopic (exact) mass is 277 g/mol. The van der Waals surface area contributed by atoms with Gasteiger partial charge in [0.2, 0.25) is 0 Å². The summed E-state index contributed by atoms with van der Waals surface area (Å²) in [5, 5.41) is 4.53. The van der Waals surface area contributed by atoms with Gasteiger partial charge in [0, 0.05) is 17.3 Å². The van der Waals surface area contributed by atoms with Crippen LogP contribution in [0.3, 0.4) is 0 Å². The summed E-state index contributed by atoms with van der Waals surface area (Å²) in [6.07, 6.45) is 1.85. The van der Waals surface area contributed by atoms with Crippen molar-refractivity contribution < 1.29 is 0 Å². The van der Waals surface area contributed by atoms with Crippen LogP contribution in [0.4, 0.5) is 0 Å². The second-order valence-corrected chi connectivity index (χ2v) is 5.33. The quantitative estimate of drug-likeness (QED) is 0.795. The third-order valence-corrected chi connectivity index (χ3v) is 3.80. The van der Waals surface area contributed by atoms with Gasteiger partial charge in [0.15, 0.2) is 0 Å². The normalized spacial score (nSPS) is 12.5. The van der Waals surface area contributed by atoms with Gasteiger partial charge in [-0.05, 0) is 56.3 Å². The lowest BCUT2D eigenvalue weighted by Gasteiger charge is -2.18. The second kappa shape index (κ2) is 5.62. The summed E-state index contributed by atoms with van der Waals surface area (Å²) in [6.45, 7) is 4.11. The van der Waals surface area contributed by atoms with E-state index >= 15 is 0 Å². The number of benzene rings is 1. The number of hydrogen-bond acceptors (Lipinski definition) is 3. The molecule has 21 heavy (non-hydrogen) atoms. The van der Waals surface area contributed by atoms with Crippen molar-refractivity contribution in [3.63, 3.8) is 0 Å². The molecule has 3 rings (SSSR count). The van der Waals surface area contributed by atoms with E-state index in [9.17, 15) is 0 Å². The van der Waals surface area contributed by atoms with Crippen molar-refractivity contribution in [3.05, 3.63) is 71.2 Å². The molecule has 0 saturated carbocycles. The van der Waals surface area contributed by atoms with E-state index in [1.807, 2.05) is 32.3 Å². The molecule has 3 nitrogen and oxygen atoms in total. The molecule has 2 aromatic heterocycles. The van der Waals surface area contributed by atoms with E-state index in [1.165, 1.54) is 11.1 Å². The maximum absolute atomic E-state index is 4.56. The predicted molar refractivity (Wildman–Crippen MR) is 86.4 cm³/mol. The Morgan fingerprint density at radius 3 is 2.67 bits per heavy atom. The Morgan fingerprint density at radius 2 is 1.90 bits per heavy atom. The number of rotatable bonds is 3. The molecule has 0 aliphatic rings. The number of aryl methyl sites for hydroxylation is 2. The number of pyridine rings is 2. The molecule has 0 radical (unpaired) electrons. The lowest BCUT2D eigenvalue weighted by molar-refractivity contribution is 0.667. The number of aromatic nitrogens is 2. The molecule has 0 saturated heterocycles. The Labute approximate surface area is 125 Å². The largest absolute Gasteiger partial charge is 0.308 e. The van der Waals surface area contributed by atoms with Gasteiger partial charge in [-0.25, -0.2) is 0 Å². The number of nitrogens with zero attached hydrogens (tertiary/aromatic N) is 2. The molecule has 0 aliphatic carbocycles. The molecule has 106 valence electrons. The third-order valence-electron chi connectivity index (χ3n) is 3.80. The summed E-state index contributed by atoms with van der Waals surface area (Å²) < 4.78 is 0. The standard InChI is InChI=1S/C18H19N3/c1-12-5-4-10-20-17(12)18(19-3)15-8-9-16-14(11-15)7-6-13(2)21-16/h4-11,18-19H,1-3H3. The minimum atomic E-state index is 0.0944. The molecule has 1 unspecified atom stereocenters. The van der Waals surface area contributed by atoms with Crippen LogP contribution in [0.15, 0.2) is 48.7 Å². The van der Waals surface area contributed by atoms with Gasteiger partial charge < -0.3 is 5.32 Å². The van der Waals surface area contributed by atoms with Gasteiger partial charge >= 0.3 is 0 Å². The van der Waals surface area contributed by atoms with Gasteiger partial charge in [-0.3, -0.25) is 9.97 Å². The molecule has 3 aromatic rings. The fourth-order valence-electron chi connectivity index (χ4n) is 2.69. The van der Waals surface area contributed by atoms with E-state index < -0.39 is 0 Å². The lowest BCUT2D eigenvalue weighted by atomic mass is 9.98. The molecule has 1 aromatic carbocycles. The first kappa shape index (κ1) is 13.7. The van der Waals surface area contributed by atoms with Crippen molar-refractivity contribution in [1.82, 2.24) is 15.3 Å². The Kier molecular flexibility index (Phi) is 3.67. The molecule has 0 bridgehead atoms. The first-order valence-corrected chi connectivity index (χ1v) is 7.15. The minimum absolute atomic E-state index is 0.0944. The molecule has 0 aliphatic heterocycles. The van der Waals surface area contributed by atoms with Gasteiger partial charge in [-0.2, -0.15) is 0 Å². The van der Waals surface area contributed by atoms with Gasteiger partial charge in [0.1, 0.15) is 0 Å². The lowest BCUT2D eigenvalue weighted by Crippen LogP contribution is -2.19. The molecule has 0 fully saturated rings. The summed E-state index contributed by atoms with van der Waals surface area (Å²) in [4.78, 5) is 9.10. The topological polar surface area (TPSA) is 37.8 Å². The molecule has 2 heterocycles. The van der Waals surface area contributed by atoms with Gasteiger partial charge in [-0.15, -0.1) is 0 Å². The SMILES string of the molecule is CNC(c1ccc2nc(C)ccc2c1)c1ncccc1C. The summed E-state index contributed by atoms with van der Waals surface area (Å²) in [5.41, 5.74) is 5.54. The highest BCUT2D eigenvalue weighted by Gasteiger charge is 2.15. The van der Waals surface area contributed by atoms with Crippen LogP contribution in [0.2, 0.25) is 0 Å². The smallest absolute Gasteiger partial charge is 0.0751 e. The summed E-state index contributed by atoms with van der Waals surface area (Å²) in [5.74, 6) is 0. The van der Waals surface area contributed by atoms with Crippen molar-refractivity contribution >= 4 is 10.9 Å². The van der Waals surface area contributed by atoms with E-state index in [1.54, 1.807) is 0 Å². The van der Waals surface area contributed by atoms with Gasteiger partial charge in [0.25, 0.3) is 0 Å². The zero-order valence-electron chi connectivity index (χ0n) is 12.6. The number of nitrogens with one attached hydrogen (secondary N) is 1. The van der Waals surface area contributed by atoms with E-state index in [0.29, 0.717) is 0 Å². The Bertz CT molecular complexity index is 780. The van der Waals surface area contributed by atoms with Crippen molar-refractivity contribution in [3.8, 4) is 0 Å². The Hall–Kier alpha value is -2.26. The van der Waals surface area contributed by atoms with Crippen molar-refractivity contribution in [2.75, 3.05) is 7.05 Å². The second-order valence-electron chi connectivity index (χ2n) is 5.33. The Balaban J connectivity index is 2.09. The van der Waals surface area contributed by atoms with Gasteiger partial charge in [-0.1, -0.05) is 18.2 Å². The average molecular weight is 277 g/mol. The van der Waals surface area contributed by atoms with E-state index in [2.05, 4.69) is 52.5 Å². The third kappa shape index (κ3) is 2.65. The predicted octanol–water partition coefficient (Wildman–Crippen LogP) is 3.56. The van der Waals surface area contributed by atoms with Crippen LogP contribution < -0.4 is 5.32 Å². The fraction of sp³-hybridized carbons (Fsp3) is 0.222. The highest BCUT2D eigenvalue weighted by atomic mass is 14.9. The van der Waals surface area contributed by atoms with Crippen molar-refractivity contribution in [2.24, 2.45) is 0 Å². The molecule has 1 N–H and O–H groups in total. The van der Waals surface area contributed by atoms with E-state index in [4.69, 9.17) is 0 Å². The molecule has 0 spiro atoms. The first-order valence-electron chi connectivity index (χ1n) is 7.15. The molecular formula is C18H19N3. The summed E-state index contributed by atoms with van der Waals surface area (Å²) in [7, 11) is 1.97. The van der Waals surface area contributed by atoms with Crippen LogP contribution in [0.25, 0.3) is 10.9 Å². The van der Waals surface area contributed by atoms with E-state index in [0.717, 1.165) is 22.3 Å². The maximum Gasteiger partial charge on any atom is 0.0751 e. The maximum atomic E-state index is 4.56. The number of hydrogen-bond donors (Lipinski definition) is 1. The van der Waals surface area contributed by atoms with Crippen LogP contribution in [0.1, 0.15) is 28.6 Å². The Morgan fingerprint density at radius 1 is 1.05 bits per heavy atom. The molecule has 0 amide bonds. The molecule has 3 heteroatoms. The van der Waals surface area contributed by atoms with Crippen molar-refractivity contribution in [2.45, 2.75) is 19.9 Å². The van der Waals surface area contributed by atoms with Gasteiger partial charge in [0.05, 0.1) is 17.3 Å². The highest BCUT2D eigenvalue weighted by Crippen LogP contribution is 2.25. The zero-order valence-corrected chi connectivity index (χ0v) is 12.6. The number of fused-ring (bicyclic) bond motifs is 1. The summed E-state index contributed by atoms with van der Waals surface area (Å²) >= 11 is 0. The van der Waals surface area contributed by atoms with Crippen LogP contribution in [0, 0.1) is 13.8 Å². The highest BCUT2D eigenvalue weighted by molar-refractivity contribution is 5.79. The van der Waals surface area contributed by atoms with Crippen LogP contribution in [0.5, 0.6) is 0 Å².